The van der Waals surface area contributed by atoms with E-state index in [0.29, 0.717) is 11.3 Å². The Morgan fingerprint density at radius 3 is 2.26 bits per heavy atom. The number of benzene rings is 2. The van der Waals surface area contributed by atoms with Crippen molar-refractivity contribution in [2.24, 2.45) is 5.41 Å². The minimum atomic E-state index is 0.241. The number of nitrogens with zero attached hydrogens (tertiary/aromatic N) is 4. The highest BCUT2D eigenvalue weighted by molar-refractivity contribution is 5.16. The third-order valence-electron chi connectivity index (χ3n) is 7.13. The van der Waals surface area contributed by atoms with E-state index < -0.39 is 0 Å². The number of aromatic nitrogens is 2. The molecule has 5 heteroatoms. The predicted octanol–water partition coefficient (Wildman–Crippen LogP) is 4.65. The second kappa shape index (κ2) is 8.93. The van der Waals surface area contributed by atoms with Gasteiger partial charge in [-0.3, -0.25) is 9.80 Å². The van der Waals surface area contributed by atoms with Gasteiger partial charge in [0, 0.05) is 26.6 Å². The topological polar surface area (TPSA) is 45.4 Å². The zero-order valence-corrected chi connectivity index (χ0v) is 18.4. The molecule has 2 saturated heterocycles. The van der Waals surface area contributed by atoms with E-state index in [4.69, 9.17) is 4.42 Å². The first kappa shape index (κ1) is 20.4. The standard InChI is InChI=1S/C26H32N4O/c1-21-27-28-25(31-21)24-18-26(20-30(24)15-12-22-8-4-2-5-9-22)13-16-29(17-14-26)19-23-10-6-3-7-11-23/h2-11,24H,12-20H2,1H3. The van der Waals surface area contributed by atoms with Gasteiger partial charge in [-0.15, -0.1) is 10.2 Å². The van der Waals surface area contributed by atoms with Gasteiger partial charge in [-0.1, -0.05) is 60.7 Å². The average Bonchev–Trinajstić information content (AvgIpc) is 3.39. The van der Waals surface area contributed by atoms with E-state index in [9.17, 15) is 0 Å². The van der Waals surface area contributed by atoms with Gasteiger partial charge in [0.1, 0.15) is 0 Å². The van der Waals surface area contributed by atoms with Crippen molar-refractivity contribution < 1.29 is 4.42 Å². The number of aryl methyl sites for hydroxylation is 1. The summed E-state index contributed by atoms with van der Waals surface area (Å²) < 4.78 is 5.91. The fraction of sp³-hybridized carbons (Fsp3) is 0.462. The summed E-state index contributed by atoms with van der Waals surface area (Å²) in [7, 11) is 0. The van der Waals surface area contributed by atoms with Crippen molar-refractivity contribution in [1.82, 2.24) is 20.0 Å². The first-order chi connectivity index (χ1) is 15.2. The van der Waals surface area contributed by atoms with Gasteiger partial charge >= 0.3 is 0 Å². The molecule has 31 heavy (non-hydrogen) atoms. The third-order valence-corrected chi connectivity index (χ3v) is 7.13. The summed E-state index contributed by atoms with van der Waals surface area (Å²) in [6.45, 7) is 7.43. The second-order valence-electron chi connectivity index (χ2n) is 9.35. The van der Waals surface area contributed by atoms with Gasteiger partial charge < -0.3 is 4.42 Å². The molecule has 1 unspecified atom stereocenters. The Morgan fingerprint density at radius 2 is 1.61 bits per heavy atom. The minimum absolute atomic E-state index is 0.241. The molecule has 2 aromatic carbocycles. The Balaban J connectivity index is 1.26. The number of hydrogen-bond donors (Lipinski definition) is 0. The molecular weight excluding hydrogens is 384 g/mol. The summed E-state index contributed by atoms with van der Waals surface area (Å²) in [6.07, 6.45) is 4.67. The Morgan fingerprint density at radius 1 is 0.935 bits per heavy atom. The lowest BCUT2D eigenvalue weighted by atomic mass is 9.76. The van der Waals surface area contributed by atoms with Crippen LogP contribution in [0.5, 0.6) is 0 Å². The molecule has 1 spiro atoms. The maximum absolute atomic E-state index is 5.91. The molecule has 0 bridgehead atoms. The number of hydrogen-bond acceptors (Lipinski definition) is 5. The van der Waals surface area contributed by atoms with Crippen molar-refractivity contribution in [3.8, 4) is 0 Å². The molecule has 0 aliphatic carbocycles. The molecule has 0 radical (unpaired) electrons. The zero-order valence-electron chi connectivity index (χ0n) is 18.4. The Labute approximate surface area is 185 Å². The van der Waals surface area contributed by atoms with Crippen molar-refractivity contribution in [1.29, 1.82) is 0 Å². The summed E-state index contributed by atoms with van der Waals surface area (Å²) in [5, 5.41) is 8.54. The van der Waals surface area contributed by atoms with Gasteiger partial charge in [-0.2, -0.15) is 0 Å². The summed E-state index contributed by atoms with van der Waals surface area (Å²) in [6, 6.07) is 21.9. The fourth-order valence-corrected chi connectivity index (χ4v) is 5.38. The van der Waals surface area contributed by atoms with Crippen LogP contribution in [0, 0.1) is 12.3 Å². The summed E-state index contributed by atoms with van der Waals surface area (Å²) in [5.74, 6) is 1.46. The summed E-state index contributed by atoms with van der Waals surface area (Å²) in [5.41, 5.74) is 3.16. The molecule has 0 N–H and O–H groups in total. The second-order valence-corrected chi connectivity index (χ2v) is 9.35. The van der Waals surface area contributed by atoms with Gasteiger partial charge in [-0.25, -0.2) is 0 Å². The molecule has 1 aromatic heterocycles. The highest BCUT2D eigenvalue weighted by Crippen LogP contribution is 2.48. The number of likely N-dealkylation sites (tertiary alicyclic amines) is 2. The van der Waals surface area contributed by atoms with Crippen LogP contribution in [0.4, 0.5) is 0 Å². The van der Waals surface area contributed by atoms with Crippen molar-refractivity contribution in [3.05, 3.63) is 83.6 Å². The van der Waals surface area contributed by atoms with Crippen LogP contribution in [0.1, 0.15) is 48.2 Å². The molecule has 3 heterocycles. The zero-order chi connectivity index (χ0) is 21.1. The maximum Gasteiger partial charge on any atom is 0.233 e. The monoisotopic (exact) mass is 416 g/mol. The van der Waals surface area contributed by atoms with Crippen molar-refractivity contribution in [2.45, 2.75) is 45.2 Å². The third kappa shape index (κ3) is 4.73. The van der Waals surface area contributed by atoms with Gasteiger partial charge in [0.05, 0.1) is 6.04 Å². The predicted molar refractivity (Wildman–Crippen MR) is 121 cm³/mol. The van der Waals surface area contributed by atoms with Crippen LogP contribution in [0.25, 0.3) is 0 Å². The van der Waals surface area contributed by atoms with Crippen molar-refractivity contribution in [2.75, 3.05) is 26.2 Å². The van der Waals surface area contributed by atoms with Gasteiger partial charge in [0.25, 0.3) is 0 Å². The van der Waals surface area contributed by atoms with Crippen LogP contribution >= 0.6 is 0 Å². The Bertz CT molecular complexity index is 963. The van der Waals surface area contributed by atoms with E-state index in [0.717, 1.165) is 51.5 Å². The minimum Gasteiger partial charge on any atom is -0.424 e. The summed E-state index contributed by atoms with van der Waals surface area (Å²) in [4.78, 5) is 5.21. The SMILES string of the molecule is Cc1nnc(C2CC3(CCN(Cc4ccccc4)CC3)CN2CCc2ccccc2)o1. The quantitative estimate of drug-likeness (QED) is 0.585. The summed E-state index contributed by atoms with van der Waals surface area (Å²) >= 11 is 0. The van der Waals surface area contributed by atoms with Crippen molar-refractivity contribution >= 4 is 0 Å². The van der Waals surface area contributed by atoms with Crippen LogP contribution in [-0.2, 0) is 13.0 Å². The van der Waals surface area contributed by atoms with Crippen molar-refractivity contribution in [3.63, 3.8) is 0 Å². The Hall–Kier alpha value is -2.50. The van der Waals surface area contributed by atoms with Gasteiger partial charge in [0.2, 0.25) is 11.8 Å². The van der Waals surface area contributed by atoms with Crippen LogP contribution < -0.4 is 0 Å². The first-order valence-electron chi connectivity index (χ1n) is 11.5. The van der Waals surface area contributed by atoms with Crippen LogP contribution in [0.3, 0.4) is 0 Å². The number of rotatable bonds is 6. The number of piperidine rings is 1. The first-order valence-corrected chi connectivity index (χ1v) is 11.5. The lowest BCUT2D eigenvalue weighted by Gasteiger charge is -2.39. The average molecular weight is 417 g/mol. The van der Waals surface area contributed by atoms with E-state index >= 15 is 0 Å². The van der Waals surface area contributed by atoms with E-state index in [1.165, 1.54) is 24.0 Å². The molecule has 0 saturated carbocycles. The largest absolute Gasteiger partial charge is 0.424 e. The van der Waals surface area contributed by atoms with Gasteiger partial charge in [-0.05, 0) is 55.3 Å². The van der Waals surface area contributed by atoms with Crippen LogP contribution in [-0.4, -0.2) is 46.2 Å². The van der Waals surface area contributed by atoms with E-state index in [1.807, 2.05) is 6.92 Å². The van der Waals surface area contributed by atoms with Gasteiger partial charge in [0.15, 0.2) is 0 Å². The van der Waals surface area contributed by atoms with E-state index in [-0.39, 0.29) is 6.04 Å². The molecule has 1 atom stereocenters. The molecule has 5 rings (SSSR count). The highest BCUT2D eigenvalue weighted by atomic mass is 16.4. The fourth-order valence-electron chi connectivity index (χ4n) is 5.38. The van der Waals surface area contributed by atoms with E-state index in [2.05, 4.69) is 80.7 Å². The lowest BCUT2D eigenvalue weighted by Crippen LogP contribution is -2.41. The van der Waals surface area contributed by atoms with Crippen LogP contribution in [0.2, 0.25) is 0 Å². The molecule has 2 aliphatic heterocycles. The molecule has 0 amide bonds. The van der Waals surface area contributed by atoms with E-state index in [1.54, 1.807) is 0 Å². The molecule has 5 nitrogen and oxygen atoms in total. The highest BCUT2D eigenvalue weighted by Gasteiger charge is 2.47. The smallest absolute Gasteiger partial charge is 0.233 e. The van der Waals surface area contributed by atoms with Crippen LogP contribution in [0.15, 0.2) is 65.1 Å². The molecule has 2 aliphatic rings. The molecule has 2 fully saturated rings. The lowest BCUT2D eigenvalue weighted by molar-refractivity contribution is 0.103. The maximum atomic E-state index is 5.91. The Kier molecular flexibility index (Phi) is 5.88. The normalized spacial score (nSPS) is 21.6. The molecule has 3 aromatic rings. The molecular formula is C26H32N4O. The molecule has 162 valence electrons.